The minimum atomic E-state index is -1.96. The van der Waals surface area contributed by atoms with Crippen LogP contribution in [0.4, 0.5) is 0 Å². The van der Waals surface area contributed by atoms with E-state index in [4.69, 9.17) is 33.5 Å². The lowest BCUT2D eigenvalue weighted by Crippen LogP contribution is -2.67. The zero-order chi connectivity index (χ0) is 29.0. The number of aliphatic hydroxyl groups excluding tert-OH is 12. The van der Waals surface area contributed by atoms with Gasteiger partial charge in [-0.1, -0.05) is 0 Å². The van der Waals surface area contributed by atoms with Crippen molar-refractivity contribution >= 4 is 0 Å². The van der Waals surface area contributed by atoms with E-state index in [9.17, 15) is 56.2 Å². The molecule has 0 amide bonds. The first-order chi connectivity index (χ1) is 18.5. The number of hydrogen-bond donors (Lipinski definition) is 12. The van der Waals surface area contributed by atoms with Crippen molar-refractivity contribution in [1.82, 2.24) is 0 Å². The third kappa shape index (κ3) is 7.20. The summed E-state index contributed by atoms with van der Waals surface area (Å²) < 4.78 is 32.2. The van der Waals surface area contributed by atoms with Crippen LogP contribution in [0.15, 0.2) is 0 Å². The molecule has 230 valence electrons. The maximum absolute atomic E-state index is 10.9. The van der Waals surface area contributed by atoms with Crippen LogP contribution in [0.1, 0.15) is 0 Å². The molecule has 0 spiro atoms. The molecule has 0 saturated carbocycles. The van der Waals surface area contributed by atoms with Crippen LogP contribution in [0.25, 0.3) is 0 Å². The van der Waals surface area contributed by atoms with Crippen molar-refractivity contribution in [2.45, 2.75) is 98.2 Å². The average Bonchev–Trinajstić information content (AvgIpc) is 2.93. The molecule has 3 aliphatic rings. The lowest BCUT2D eigenvalue weighted by molar-refractivity contribution is -0.381. The van der Waals surface area contributed by atoms with Gasteiger partial charge >= 0.3 is 0 Å². The van der Waals surface area contributed by atoms with E-state index < -0.39 is 131 Å². The average molecular weight is 579 g/mol. The predicted octanol–water partition coefficient (Wildman–Crippen LogP) is -8.20. The molecular formula is C21H38O18. The molecule has 0 bridgehead atoms. The zero-order valence-corrected chi connectivity index (χ0v) is 20.6. The van der Waals surface area contributed by atoms with Gasteiger partial charge in [0, 0.05) is 0 Å². The zero-order valence-electron chi connectivity index (χ0n) is 20.6. The third-order valence-electron chi connectivity index (χ3n) is 6.74. The van der Waals surface area contributed by atoms with Gasteiger partial charge in [0.05, 0.1) is 33.0 Å². The molecule has 0 aromatic heterocycles. The fourth-order valence-electron chi connectivity index (χ4n) is 4.43. The first-order valence-electron chi connectivity index (χ1n) is 12.3. The van der Waals surface area contributed by atoms with E-state index in [2.05, 4.69) is 0 Å². The fraction of sp³-hybridized carbons (Fsp3) is 1.00. The molecule has 3 aliphatic heterocycles. The molecule has 3 fully saturated rings. The number of hydrogen-bond acceptors (Lipinski definition) is 18. The van der Waals surface area contributed by atoms with Crippen LogP contribution in [0.2, 0.25) is 0 Å². The van der Waals surface area contributed by atoms with Crippen molar-refractivity contribution in [2.75, 3.05) is 33.0 Å². The lowest BCUT2D eigenvalue weighted by Gasteiger charge is -2.48. The molecule has 1 unspecified atom stereocenters. The summed E-state index contributed by atoms with van der Waals surface area (Å²) in [5, 5.41) is 120. The van der Waals surface area contributed by atoms with Crippen molar-refractivity contribution in [3.8, 4) is 0 Å². The van der Waals surface area contributed by atoms with E-state index in [0.717, 1.165) is 0 Å². The van der Waals surface area contributed by atoms with Gasteiger partial charge in [0.2, 0.25) is 0 Å². The van der Waals surface area contributed by atoms with Crippen LogP contribution in [0, 0.1) is 0 Å². The Morgan fingerprint density at radius 2 is 0.923 bits per heavy atom. The highest BCUT2D eigenvalue weighted by atomic mass is 16.8. The second-order valence-corrected chi connectivity index (χ2v) is 9.48. The quantitative estimate of drug-likeness (QED) is 0.108. The molecule has 39 heavy (non-hydrogen) atoms. The van der Waals surface area contributed by atoms with Crippen LogP contribution in [-0.2, 0) is 28.4 Å². The molecule has 0 aromatic rings. The molecular weight excluding hydrogens is 540 g/mol. The molecule has 3 heterocycles. The van der Waals surface area contributed by atoms with Crippen LogP contribution >= 0.6 is 0 Å². The monoisotopic (exact) mass is 578 g/mol. The second kappa shape index (κ2) is 14.4. The number of ether oxygens (including phenoxy) is 6. The Bertz CT molecular complexity index is 731. The smallest absolute Gasteiger partial charge is 0.187 e. The van der Waals surface area contributed by atoms with E-state index in [0.29, 0.717) is 0 Å². The Morgan fingerprint density at radius 1 is 0.513 bits per heavy atom. The summed E-state index contributed by atoms with van der Waals surface area (Å²) >= 11 is 0. The molecule has 0 aromatic carbocycles. The van der Waals surface area contributed by atoms with Gasteiger partial charge < -0.3 is 89.7 Å². The molecule has 3 rings (SSSR count). The van der Waals surface area contributed by atoms with Crippen molar-refractivity contribution in [3.63, 3.8) is 0 Å². The molecule has 18 heteroatoms. The predicted molar refractivity (Wildman–Crippen MR) is 118 cm³/mol. The van der Waals surface area contributed by atoms with Crippen LogP contribution < -0.4 is 0 Å². The Hall–Kier alpha value is -0.720. The summed E-state index contributed by atoms with van der Waals surface area (Å²) in [5.41, 5.74) is 0. The number of aliphatic hydroxyl groups is 12. The maximum atomic E-state index is 10.9. The maximum Gasteiger partial charge on any atom is 0.187 e. The van der Waals surface area contributed by atoms with E-state index in [1.165, 1.54) is 0 Å². The van der Waals surface area contributed by atoms with Gasteiger partial charge in [0.15, 0.2) is 18.9 Å². The van der Waals surface area contributed by atoms with Crippen LogP contribution in [-0.4, -0.2) is 193 Å². The van der Waals surface area contributed by atoms with Gasteiger partial charge in [0.25, 0.3) is 0 Å². The second-order valence-electron chi connectivity index (χ2n) is 9.48. The highest BCUT2D eigenvalue weighted by Gasteiger charge is 2.53. The largest absolute Gasteiger partial charge is 0.394 e. The van der Waals surface area contributed by atoms with Crippen molar-refractivity contribution in [2.24, 2.45) is 0 Å². The van der Waals surface area contributed by atoms with E-state index in [1.54, 1.807) is 0 Å². The van der Waals surface area contributed by atoms with Crippen LogP contribution in [0.3, 0.4) is 0 Å². The lowest BCUT2D eigenvalue weighted by atomic mass is 9.96. The normalized spacial score (nSPS) is 48.2. The summed E-state index contributed by atoms with van der Waals surface area (Å²) in [6.45, 7) is -3.57. The molecule has 18 nitrogen and oxygen atoms in total. The van der Waals surface area contributed by atoms with Gasteiger partial charge in [-0.05, 0) is 0 Å². The molecule has 0 aliphatic carbocycles. The summed E-state index contributed by atoms with van der Waals surface area (Å²) in [4.78, 5) is 0. The summed E-state index contributed by atoms with van der Waals surface area (Å²) in [6, 6.07) is 0. The van der Waals surface area contributed by atoms with E-state index in [1.807, 2.05) is 0 Å². The highest BCUT2D eigenvalue weighted by Crippen LogP contribution is 2.32. The highest BCUT2D eigenvalue weighted by molar-refractivity contribution is 4.96. The minimum absolute atomic E-state index is 0.504. The van der Waals surface area contributed by atoms with Crippen molar-refractivity contribution in [3.05, 3.63) is 0 Å². The number of rotatable bonds is 11. The van der Waals surface area contributed by atoms with Gasteiger partial charge in [-0.3, -0.25) is 0 Å². The van der Waals surface area contributed by atoms with Gasteiger partial charge in [-0.25, -0.2) is 0 Å². The Labute approximate surface area is 221 Å². The molecule has 3 saturated heterocycles. The summed E-state index contributed by atoms with van der Waals surface area (Å²) in [5.74, 6) is 0. The van der Waals surface area contributed by atoms with E-state index in [-0.39, 0.29) is 0 Å². The Morgan fingerprint density at radius 3 is 1.38 bits per heavy atom. The van der Waals surface area contributed by atoms with Gasteiger partial charge in [-0.2, -0.15) is 0 Å². The molecule has 16 atom stereocenters. The minimum Gasteiger partial charge on any atom is -0.394 e. The van der Waals surface area contributed by atoms with E-state index >= 15 is 0 Å². The summed E-state index contributed by atoms with van der Waals surface area (Å²) in [6.07, 6.45) is -26.9. The first-order valence-corrected chi connectivity index (χ1v) is 12.3. The molecule has 0 radical (unpaired) electrons. The summed E-state index contributed by atoms with van der Waals surface area (Å²) in [7, 11) is 0. The third-order valence-corrected chi connectivity index (χ3v) is 6.74. The topological polar surface area (TPSA) is 298 Å². The Kier molecular flexibility index (Phi) is 12.1. The van der Waals surface area contributed by atoms with Crippen molar-refractivity contribution < 1.29 is 89.7 Å². The molecule has 12 N–H and O–H groups in total. The van der Waals surface area contributed by atoms with Crippen LogP contribution in [0.5, 0.6) is 0 Å². The first kappa shape index (κ1) is 32.8. The van der Waals surface area contributed by atoms with Crippen molar-refractivity contribution in [1.29, 1.82) is 0 Å². The standard InChI is InChI=1S/C21H38O18/c22-1-6(26)5-34-19-15(32)17(11(28)8(3-24)35-19)39-21-16(33)18(12(29)9(4-25)37-21)38-20-14(31)13(30)10(27)7(2-23)36-20/h6-33H,1-5H2/t6?,7-,8-,9-,10-,11-,12-,13+,14+,15-,16-,17+,18+,19-,20-,21+/m1/s1. The Balaban J connectivity index is 1.78. The van der Waals surface area contributed by atoms with Gasteiger partial charge in [-0.15, -0.1) is 0 Å². The van der Waals surface area contributed by atoms with Gasteiger partial charge in [0.1, 0.15) is 79.4 Å². The SMILES string of the molecule is OCC(O)CO[C@@H]1O[C@H](CO)[C@@H](O)[C@H](O[C@@H]2O[C@H](CO)[C@@H](O)[C@H](O[C@H]3O[C@H](CO)[C@@H](O)[C@H](O)[C@@H]3O)[C@H]2O)[C@H]1O. The fourth-order valence-corrected chi connectivity index (χ4v) is 4.43.